The number of carbonyl (C=O) groups is 1. The highest BCUT2D eigenvalue weighted by molar-refractivity contribution is 7.90. The largest absolute Gasteiger partial charge is 0.478 e. The molecule has 2 aromatic heterocycles. The Balaban J connectivity index is 1.63. The molecule has 7 nitrogen and oxygen atoms in total. The summed E-state index contributed by atoms with van der Waals surface area (Å²) in [6, 6.07) is 13.8. The topological polar surface area (TPSA) is 102 Å². The van der Waals surface area contributed by atoms with Crippen molar-refractivity contribution in [3.8, 4) is 16.8 Å². The van der Waals surface area contributed by atoms with E-state index in [4.69, 9.17) is 4.52 Å². The molecule has 0 amide bonds. The average molecular weight is 463 g/mol. The lowest BCUT2D eigenvalue weighted by molar-refractivity contribution is 0.0696. The van der Waals surface area contributed by atoms with E-state index in [0.29, 0.717) is 16.9 Å². The van der Waals surface area contributed by atoms with Gasteiger partial charge in [-0.15, -0.1) is 0 Å². The number of hydrogen-bond donors (Lipinski definition) is 1. The van der Waals surface area contributed by atoms with Gasteiger partial charge in [0.1, 0.15) is 5.76 Å². The van der Waals surface area contributed by atoms with Gasteiger partial charge in [-0.2, -0.15) is 0 Å². The Hall–Kier alpha value is -3.65. The maximum atomic E-state index is 13.7. The summed E-state index contributed by atoms with van der Waals surface area (Å²) < 4.78 is 34.4. The predicted molar refractivity (Wildman–Crippen MR) is 122 cm³/mol. The van der Waals surface area contributed by atoms with Gasteiger partial charge in [-0.1, -0.05) is 17.3 Å². The Labute approximate surface area is 191 Å². The highest BCUT2D eigenvalue weighted by atomic mass is 32.2. The molecule has 0 bridgehead atoms. The monoisotopic (exact) mass is 462 g/mol. The minimum atomic E-state index is -3.83. The van der Waals surface area contributed by atoms with Gasteiger partial charge < -0.3 is 14.2 Å². The van der Waals surface area contributed by atoms with Gasteiger partial charge >= 0.3 is 5.97 Å². The minimum absolute atomic E-state index is 0.0301. The Bertz CT molecular complexity index is 1450. The molecule has 1 N–H and O–H groups in total. The summed E-state index contributed by atoms with van der Waals surface area (Å²) in [6.45, 7) is 1.80. The van der Waals surface area contributed by atoms with E-state index in [1.807, 2.05) is 47.3 Å². The molecule has 1 aliphatic rings. The molecular weight excluding hydrogens is 440 g/mol. The zero-order valence-electron chi connectivity index (χ0n) is 17.9. The molecule has 2 aromatic carbocycles. The predicted octanol–water partition coefficient (Wildman–Crippen LogP) is 4.99. The maximum absolute atomic E-state index is 13.7. The second-order valence-corrected chi connectivity index (χ2v) is 10.3. The zero-order valence-corrected chi connectivity index (χ0v) is 18.7. The van der Waals surface area contributed by atoms with E-state index < -0.39 is 15.8 Å². The summed E-state index contributed by atoms with van der Waals surface area (Å²) in [5, 5.41) is 13.3. The second-order valence-electron chi connectivity index (χ2n) is 8.32. The fourth-order valence-corrected chi connectivity index (χ4v) is 5.84. The molecule has 0 saturated heterocycles. The third-order valence-corrected chi connectivity index (χ3v) is 7.70. The van der Waals surface area contributed by atoms with E-state index in [0.717, 1.165) is 29.7 Å². The summed E-state index contributed by atoms with van der Waals surface area (Å²) in [4.78, 5) is 11.6. The molecule has 8 heteroatoms. The van der Waals surface area contributed by atoms with Crippen molar-refractivity contribution in [3.63, 3.8) is 0 Å². The number of hydrogen-bond acceptors (Lipinski definition) is 5. The minimum Gasteiger partial charge on any atom is -0.478 e. The number of aromatic nitrogens is 2. The van der Waals surface area contributed by atoms with Crippen molar-refractivity contribution < 1.29 is 22.8 Å². The summed E-state index contributed by atoms with van der Waals surface area (Å²) in [6.07, 6.45) is 7.14. The smallest absolute Gasteiger partial charge is 0.335 e. The van der Waals surface area contributed by atoms with Gasteiger partial charge in [0.25, 0.3) is 0 Å². The van der Waals surface area contributed by atoms with Crippen molar-refractivity contribution in [1.82, 2.24) is 9.72 Å². The summed E-state index contributed by atoms with van der Waals surface area (Å²) in [7, 11) is -3.83. The van der Waals surface area contributed by atoms with Crippen LogP contribution in [0.3, 0.4) is 0 Å². The lowest BCUT2D eigenvalue weighted by Crippen LogP contribution is -2.12. The SMILES string of the molecule is Cc1oncc1-c1ccc(-n2cccc2)c(CS(=O)(=O)c2cc(C(=O)O)ccc2C2CC2)c1. The van der Waals surface area contributed by atoms with Crippen LogP contribution in [0.4, 0.5) is 0 Å². The maximum Gasteiger partial charge on any atom is 0.335 e. The van der Waals surface area contributed by atoms with Gasteiger partial charge in [-0.25, -0.2) is 13.2 Å². The van der Waals surface area contributed by atoms with Crippen LogP contribution in [-0.4, -0.2) is 29.2 Å². The Morgan fingerprint density at radius 1 is 1.15 bits per heavy atom. The first-order valence-electron chi connectivity index (χ1n) is 10.6. The lowest BCUT2D eigenvalue weighted by Gasteiger charge is -2.15. The number of benzene rings is 2. The molecule has 0 unspecified atom stereocenters. The van der Waals surface area contributed by atoms with E-state index in [2.05, 4.69) is 5.16 Å². The number of aromatic carboxylic acids is 1. The first-order chi connectivity index (χ1) is 15.8. The average Bonchev–Trinajstić information content (AvgIpc) is 3.31. The van der Waals surface area contributed by atoms with E-state index in [-0.39, 0.29) is 22.1 Å². The van der Waals surface area contributed by atoms with Crippen LogP contribution < -0.4 is 0 Å². The summed E-state index contributed by atoms with van der Waals surface area (Å²) in [5.41, 5.74) is 3.61. The van der Waals surface area contributed by atoms with Crippen molar-refractivity contribution in [3.05, 3.63) is 89.6 Å². The number of carboxylic acids is 1. The van der Waals surface area contributed by atoms with Crippen LogP contribution in [0.2, 0.25) is 0 Å². The fraction of sp³-hybridized carbons (Fsp3) is 0.200. The number of rotatable bonds is 7. The van der Waals surface area contributed by atoms with Crippen molar-refractivity contribution in [2.45, 2.75) is 36.3 Å². The van der Waals surface area contributed by atoms with Crippen LogP contribution in [0.1, 0.15) is 46.0 Å². The highest BCUT2D eigenvalue weighted by Gasteiger charge is 2.31. The van der Waals surface area contributed by atoms with Crippen LogP contribution in [-0.2, 0) is 15.6 Å². The summed E-state index contributed by atoms with van der Waals surface area (Å²) in [5.74, 6) is -0.608. The van der Waals surface area contributed by atoms with E-state index in [1.165, 1.54) is 12.1 Å². The zero-order chi connectivity index (χ0) is 23.2. The van der Waals surface area contributed by atoms with Gasteiger partial charge in [0.05, 0.1) is 22.4 Å². The number of aryl methyl sites for hydroxylation is 1. The van der Waals surface area contributed by atoms with Crippen LogP contribution in [0.5, 0.6) is 0 Å². The number of carboxylic acid groups (broad SMARTS) is 1. The van der Waals surface area contributed by atoms with E-state index in [9.17, 15) is 18.3 Å². The van der Waals surface area contributed by atoms with Crippen LogP contribution in [0, 0.1) is 6.92 Å². The number of nitrogens with zero attached hydrogens (tertiary/aromatic N) is 2. The summed E-state index contributed by atoms with van der Waals surface area (Å²) >= 11 is 0. The normalized spacial score (nSPS) is 13.8. The van der Waals surface area contributed by atoms with Crippen molar-refractivity contribution >= 4 is 15.8 Å². The molecule has 5 rings (SSSR count). The van der Waals surface area contributed by atoms with Crippen molar-refractivity contribution in [2.24, 2.45) is 0 Å². The first-order valence-corrected chi connectivity index (χ1v) is 12.3. The number of sulfone groups is 1. The van der Waals surface area contributed by atoms with Gasteiger partial charge in [-0.05, 0) is 78.8 Å². The Kier molecular flexibility index (Phi) is 5.17. The molecule has 0 spiro atoms. The molecule has 1 saturated carbocycles. The lowest BCUT2D eigenvalue weighted by atomic mass is 10.0. The Morgan fingerprint density at radius 3 is 2.55 bits per heavy atom. The van der Waals surface area contributed by atoms with Crippen LogP contribution >= 0.6 is 0 Å². The molecule has 2 heterocycles. The van der Waals surface area contributed by atoms with Gasteiger partial charge in [0.2, 0.25) is 0 Å². The molecule has 1 fully saturated rings. The molecular formula is C25H22N2O5S. The van der Waals surface area contributed by atoms with Crippen molar-refractivity contribution in [1.29, 1.82) is 0 Å². The highest BCUT2D eigenvalue weighted by Crippen LogP contribution is 2.44. The quantitative estimate of drug-likeness (QED) is 0.415. The van der Waals surface area contributed by atoms with Crippen LogP contribution in [0.15, 0.2) is 76.5 Å². The van der Waals surface area contributed by atoms with Gasteiger partial charge in [0, 0.05) is 23.6 Å². The third kappa shape index (κ3) is 4.09. The van der Waals surface area contributed by atoms with Crippen molar-refractivity contribution in [2.75, 3.05) is 0 Å². The second kappa shape index (κ2) is 8.04. The van der Waals surface area contributed by atoms with Crippen LogP contribution in [0.25, 0.3) is 16.8 Å². The molecule has 33 heavy (non-hydrogen) atoms. The fourth-order valence-electron chi connectivity index (χ4n) is 4.14. The Morgan fingerprint density at radius 2 is 1.91 bits per heavy atom. The molecule has 0 radical (unpaired) electrons. The molecule has 0 aliphatic heterocycles. The first kappa shape index (κ1) is 21.2. The van der Waals surface area contributed by atoms with E-state index >= 15 is 0 Å². The molecule has 168 valence electrons. The van der Waals surface area contributed by atoms with Gasteiger partial charge in [-0.3, -0.25) is 0 Å². The molecule has 1 aliphatic carbocycles. The molecule has 0 atom stereocenters. The molecule has 4 aromatic rings. The third-order valence-electron chi connectivity index (χ3n) is 5.98. The standard InChI is InChI=1S/C25H22N2O5S/c1-16-22(14-26-32-16)18-7-9-23(27-10-2-3-11-27)20(12-18)15-33(30,31)24-13-19(25(28)29)6-8-21(24)17-4-5-17/h2-3,6-14,17H,4-5,15H2,1H3,(H,28,29). The van der Waals surface area contributed by atoms with Gasteiger partial charge in [0.15, 0.2) is 9.84 Å². The van der Waals surface area contributed by atoms with E-state index in [1.54, 1.807) is 19.2 Å².